The predicted molar refractivity (Wildman–Crippen MR) is 264 cm³/mol. The fraction of sp³-hybridized carbons (Fsp3) is 0. The van der Waals surface area contributed by atoms with Crippen LogP contribution in [-0.4, -0.2) is 0 Å². The van der Waals surface area contributed by atoms with E-state index in [0.717, 1.165) is 0 Å². The minimum Gasteiger partial charge on any atom is -0.135 e. The van der Waals surface area contributed by atoms with E-state index in [4.69, 9.17) is 0 Å². The normalized spacial score (nSPS) is 12.0. The highest BCUT2D eigenvalue weighted by Crippen LogP contribution is 2.52. The van der Waals surface area contributed by atoms with Gasteiger partial charge in [-0.05, 0) is 100 Å². The molecule has 11 aromatic carbocycles. The molecule has 13 rings (SSSR count). The summed E-state index contributed by atoms with van der Waals surface area (Å²) in [6.45, 7) is 0. The summed E-state index contributed by atoms with van der Waals surface area (Å²) in [5.41, 5.74) is 10.3. The molecule has 2 heteroatoms. The Balaban J connectivity index is 1.09. The molecule has 0 bridgehead atoms. The summed E-state index contributed by atoms with van der Waals surface area (Å²) >= 11 is 3.81. The first-order valence-electron chi connectivity index (χ1n) is 20.6. The van der Waals surface area contributed by atoms with Crippen LogP contribution in [0.4, 0.5) is 0 Å². The van der Waals surface area contributed by atoms with E-state index in [1.165, 1.54) is 128 Å². The van der Waals surface area contributed by atoms with Crippen LogP contribution in [0, 0.1) is 0 Å². The van der Waals surface area contributed by atoms with Crippen molar-refractivity contribution >= 4 is 106 Å². The minimum absolute atomic E-state index is 1.24. The molecule has 2 heterocycles. The molecule has 0 aliphatic carbocycles. The Morgan fingerprint density at radius 3 is 1.28 bits per heavy atom. The van der Waals surface area contributed by atoms with Crippen molar-refractivity contribution in [1.29, 1.82) is 0 Å². The van der Waals surface area contributed by atoms with Crippen LogP contribution in [0.5, 0.6) is 0 Å². The molecule has 0 aliphatic heterocycles. The molecule has 0 aliphatic rings. The van der Waals surface area contributed by atoms with Crippen LogP contribution in [0.15, 0.2) is 206 Å². The first-order valence-corrected chi connectivity index (χ1v) is 22.2. The summed E-state index contributed by atoms with van der Waals surface area (Å²) in [6.07, 6.45) is 0. The van der Waals surface area contributed by atoms with Crippen molar-refractivity contribution in [2.24, 2.45) is 0 Å². The van der Waals surface area contributed by atoms with E-state index in [1.807, 2.05) is 22.7 Å². The third-order valence-electron chi connectivity index (χ3n) is 12.7. The van der Waals surface area contributed by atoms with Gasteiger partial charge in [-0.1, -0.05) is 188 Å². The van der Waals surface area contributed by atoms with Crippen LogP contribution in [0.1, 0.15) is 0 Å². The fourth-order valence-electron chi connectivity index (χ4n) is 10.2. The lowest BCUT2D eigenvalue weighted by atomic mass is 9.84. The van der Waals surface area contributed by atoms with E-state index in [2.05, 4.69) is 206 Å². The quantitative estimate of drug-likeness (QED) is 0.156. The van der Waals surface area contributed by atoms with E-state index in [9.17, 15) is 0 Å². The number of hydrogen-bond donors (Lipinski definition) is 0. The topological polar surface area (TPSA) is 0 Å². The van der Waals surface area contributed by atoms with Gasteiger partial charge in [0, 0.05) is 45.9 Å². The Bertz CT molecular complexity index is 3770. The van der Waals surface area contributed by atoms with Gasteiger partial charge in [0.25, 0.3) is 0 Å². The third-order valence-corrected chi connectivity index (χ3v) is 15.0. The summed E-state index contributed by atoms with van der Waals surface area (Å²) < 4.78 is 5.28. The second kappa shape index (κ2) is 13.2. The van der Waals surface area contributed by atoms with Crippen LogP contribution < -0.4 is 0 Å². The van der Waals surface area contributed by atoms with Gasteiger partial charge in [-0.25, -0.2) is 0 Å². The second-order valence-corrected chi connectivity index (χ2v) is 18.0. The van der Waals surface area contributed by atoms with Crippen molar-refractivity contribution in [3.63, 3.8) is 0 Å². The number of fused-ring (bicyclic) bond motifs is 10. The van der Waals surface area contributed by atoms with Gasteiger partial charge >= 0.3 is 0 Å². The molecule has 0 unspecified atom stereocenters. The third kappa shape index (κ3) is 4.90. The first kappa shape index (κ1) is 33.8. The number of thiophene rings is 2. The molecule has 0 spiro atoms. The van der Waals surface area contributed by atoms with Gasteiger partial charge < -0.3 is 0 Å². The van der Waals surface area contributed by atoms with Crippen LogP contribution in [0.2, 0.25) is 0 Å². The Kier molecular flexibility index (Phi) is 7.45. The molecule has 0 atom stereocenters. The Morgan fingerprint density at radius 1 is 0.233 bits per heavy atom. The average molecular weight is 795 g/mol. The fourth-order valence-corrected chi connectivity index (χ4v) is 12.6. The zero-order chi connectivity index (χ0) is 39.3. The van der Waals surface area contributed by atoms with E-state index in [1.54, 1.807) is 0 Å². The van der Waals surface area contributed by atoms with E-state index in [0.29, 0.717) is 0 Å². The van der Waals surface area contributed by atoms with Gasteiger partial charge in [0.2, 0.25) is 0 Å². The first-order chi connectivity index (χ1) is 29.8. The van der Waals surface area contributed by atoms with Crippen molar-refractivity contribution in [2.75, 3.05) is 0 Å². The summed E-state index contributed by atoms with van der Waals surface area (Å²) in [5, 5.41) is 15.5. The van der Waals surface area contributed by atoms with Crippen molar-refractivity contribution in [3.05, 3.63) is 206 Å². The van der Waals surface area contributed by atoms with Gasteiger partial charge in [-0.3, -0.25) is 0 Å². The molecule has 0 saturated heterocycles. The summed E-state index contributed by atoms with van der Waals surface area (Å²) in [4.78, 5) is 0. The van der Waals surface area contributed by atoms with E-state index >= 15 is 0 Å². The molecule has 0 N–H and O–H groups in total. The molecule has 0 saturated carbocycles. The molecular weight excluding hydrogens is 761 g/mol. The summed E-state index contributed by atoms with van der Waals surface area (Å²) in [7, 11) is 0. The molecule has 0 fully saturated rings. The lowest BCUT2D eigenvalue weighted by molar-refractivity contribution is 1.67. The molecule has 0 amide bonds. The number of hydrogen-bond acceptors (Lipinski definition) is 2. The zero-order valence-electron chi connectivity index (χ0n) is 32.4. The second-order valence-electron chi connectivity index (χ2n) is 15.8. The van der Waals surface area contributed by atoms with Crippen LogP contribution in [-0.2, 0) is 0 Å². The number of benzene rings is 11. The van der Waals surface area contributed by atoms with E-state index < -0.39 is 0 Å². The maximum atomic E-state index is 2.42. The molecule has 2 aromatic heterocycles. The van der Waals surface area contributed by atoms with Crippen LogP contribution in [0.25, 0.3) is 128 Å². The Hall–Kier alpha value is -7.10. The van der Waals surface area contributed by atoms with Gasteiger partial charge in [-0.15, -0.1) is 22.7 Å². The van der Waals surface area contributed by atoms with Crippen molar-refractivity contribution in [1.82, 2.24) is 0 Å². The average Bonchev–Trinajstić information content (AvgIpc) is 3.89. The largest absolute Gasteiger partial charge is 0.135 e. The lowest BCUT2D eigenvalue weighted by Crippen LogP contribution is -1.91. The molecule has 0 radical (unpaired) electrons. The number of rotatable bonds is 4. The van der Waals surface area contributed by atoms with Gasteiger partial charge in [0.05, 0.1) is 0 Å². The van der Waals surface area contributed by atoms with Gasteiger partial charge in [0.1, 0.15) is 0 Å². The Labute approximate surface area is 354 Å². The van der Waals surface area contributed by atoms with Crippen LogP contribution in [0.3, 0.4) is 0 Å². The predicted octanol–water partition coefficient (Wildman–Crippen LogP) is 17.7. The zero-order valence-corrected chi connectivity index (χ0v) is 34.1. The minimum atomic E-state index is 1.24. The van der Waals surface area contributed by atoms with E-state index in [-0.39, 0.29) is 0 Å². The van der Waals surface area contributed by atoms with Crippen LogP contribution >= 0.6 is 22.7 Å². The molecular formula is C58H34S2. The smallest absolute Gasteiger partial charge is 0.0434 e. The summed E-state index contributed by atoms with van der Waals surface area (Å²) in [6, 6.07) is 76.8. The maximum Gasteiger partial charge on any atom is 0.0434 e. The maximum absolute atomic E-state index is 2.42. The molecule has 0 nitrogen and oxygen atoms in total. The standard InChI is InChI=1S/C58H34S2/c1-2-16-35(17-3-1)53-39-19-4-10-25-45(39)56(46-26-11-5-20-40(46)53)48-28-14-29-49-57-47(27-15-31-51(57)60-58(48)49)55-43-23-8-6-21-41(43)54(42-22-7-9-24-44(42)55)36-32-33-38-37-18-12-13-30-50(37)59-52(38)34-36/h1-34H. The van der Waals surface area contributed by atoms with Gasteiger partial charge in [0.15, 0.2) is 0 Å². The van der Waals surface area contributed by atoms with Crippen molar-refractivity contribution in [2.45, 2.75) is 0 Å². The summed E-state index contributed by atoms with van der Waals surface area (Å²) in [5.74, 6) is 0. The highest BCUT2D eigenvalue weighted by atomic mass is 32.1. The highest BCUT2D eigenvalue weighted by molar-refractivity contribution is 7.26. The van der Waals surface area contributed by atoms with Crippen molar-refractivity contribution < 1.29 is 0 Å². The van der Waals surface area contributed by atoms with Crippen molar-refractivity contribution in [3.8, 4) is 44.5 Å². The monoisotopic (exact) mass is 794 g/mol. The molecule has 278 valence electrons. The molecule has 13 aromatic rings. The Morgan fingerprint density at radius 2 is 0.667 bits per heavy atom. The van der Waals surface area contributed by atoms with Gasteiger partial charge in [-0.2, -0.15) is 0 Å². The highest BCUT2D eigenvalue weighted by Gasteiger charge is 2.23. The lowest BCUT2D eigenvalue weighted by Gasteiger charge is -2.19. The molecule has 60 heavy (non-hydrogen) atoms. The SMILES string of the molecule is c1ccc(-c2c3ccccc3c(-c3cccc4c3sc3cccc(-c5c6ccccc6c(-c6ccc7c(c6)sc6ccccc67)c6ccccc56)c34)c3ccccc23)cc1.